The first-order chi connectivity index (χ1) is 9.81. The Morgan fingerprint density at radius 1 is 1.29 bits per heavy atom. The van der Waals surface area contributed by atoms with Crippen LogP contribution < -0.4 is 5.32 Å². The number of benzene rings is 1. The van der Waals surface area contributed by atoms with Crippen molar-refractivity contribution >= 4 is 11.9 Å². The number of nitrogens with one attached hydrogen (secondary N) is 1. The van der Waals surface area contributed by atoms with Gasteiger partial charge in [-0.25, -0.2) is 13.6 Å². The van der Waals surface area contributed by atoms with E-state index in [0.29, 0.717) is 12.0 Å². The molecular formula is C15H17F2NO3. The Kier molecular flexibility index (Phi) is 4.25. The topological polar surface area (TPSA) is 66.4 Å². The standard InChI is InChI=1S/C15H17F2NO3/c1-7(2)13(15(20)21)18-14(19)10-6-9(10)8-3-4-11(16)12(17)5-8/h3-5,7,9-10,13H,6H2,1-2H3,(H,18,19)(H,20,21)/t9?,10?,13-/m1/s1. The van der Waals surface area contributed by atoms with Crippen molar-refractivity contribution in [3.05, 3.63) is 35.4 Å². The van der Waals surface area contributed by atoms with Crippen molar-refractivity contribution in [1.82, 2.24) is 5.32 Å². The summed E-state index contributed by atoms with van der Waals surface area (Å²) in [7, 11) is 0. The minimum Gasteiger partial charge on any atom is -0.480 e. The van der Waals surface area contributed by atoms with Crippen molar-refractivity contribution in [2.24, 2.45) is 11.8 Å². The molecule has 1 aromatic rings. The van der Waals surface area contributed by atoms with E-state index in [9.17, 15) is 18.4 Å². The molecule has 4 nitrogen and oxygen atoms in total. The molecule has 0 heterocycles. The van der Waals surface area contributed by atoms with Gasteiger partial charge in [0, 0.05) is 5.92 Å². The Hall–Kier alpha value is -1.98. The summed E-state index contributed by atoms with van der Waals surface area (Å²) in [6, 6.07) is 2.63. The van der Waals surface area contributed by atoms with E-state index in [1.165, 1.54) is 6.07 Å². The Morgan fingerprint density at radius 2 is 1.95 bits per heavy atom. The van der Waals surface area contributed by atoms with Gasteiger partial charge in [-0.1, -0.05) is 19.9 Å². The Balaban J connectivity index is 2.00. The number of carbonyl (C=O) groups excluding carboxylic acids is 1. The molecule has 0 aromatic heterocycles. The molecule has 1 aliphatic rings. The molecule has 0 spiro atoms. The minimum atomic E-state index is -1.08. The fraction of sp³-hybridized carbons (Fsp3) is 0.467. The van der Waals surface area contributed by atoms with Gasteiger partial charge in [0.2, 0.25) is 5.91 Å². The molecule has 21 heavy (non-hydrogen) atoms. The summed E-state index contributed by atoms with van der Waals surface area (Å²) >= 11 is 0. The fourth-order valence-electron chi connectivity index (χ4n) is 2.37. The molecule has 3 atom stereocenters. The Morgan fingerprint density at radius 3 is 2.48 bits per heavy atom. The number of halogens is 2. The van der Waals surface area contributed by atoms with Crippen molar-refractivity contribution in [2.45, 2.75) is 32.2 Å². The number of rotatable bonds is 5. The number of carboxylic acids is 1. The van der Waals surface area contributed by atoms with E-state index in [-0.39, 0.29) is 23.7 Å². The van der Waals surface area contributed by atoms with E-state index in [2.05, 4.69) is 5.32 Å². The third kappa shape index (κ3) is 3.37. The van der Waals surface area contributed by atoms with Gasteiger partial charge in [-0.3, -0.25) is 4.79 Å². The van der Waals surface area contributed by atoms with Crippen LogP contribution in [0.15, 0.2) is 18.2 Å². The van der Waals surface area contributed by atoms with Crippen molar-refractivity contribution in [3.63, 3.8) is 0 Å². The highest BCUT2D eigenvalue weighted by atomic mass is 19.2. The zero-order chi connectivity index (χ0) is 15.7. The van der Waals surface area contributed by atoms with E-state index in [1.807, 2.05) is 0 Å². The van der Waals surface area contributed by atoms with Crippen LogP contribution in [0.1, 0.15) is 31.7 Å². The molecule has 2 N–H and O–H groups in total. The maximum atomic E-state index is 13.2. The SMILES string of the molecule is CC(C)[C@@H](NC(=O)C1CC1c1ccc(F)c(F)c1)C(=O)O. The predicted molar refractivity (Wildman–Crippen MR) is 71.6 cm³/mol. The Bertz CT molecular complexity index is 574. The second-order valence-electron chi connectivity index (χ2n) is 5.69. The van der Waals surface area contributed by atoms with Gasteiger partial charge >= 0.3 is 5.97 Å². The average Bonchev–Trinajstić information content (AvgIpc) is 3.18. The van der Waals surface area contributed by atoms with Gasteiger partial charge in [0.05, 0.1) is 0 Å². The third-order valence-corrected chi connectivity index (χ3v) is 3.73. The number of amides is 1. The monoisotopic (exact) mass is 297 g/mol. The molecular weight excluding hydrogens is 280 g/mol. The summed E-state index contributed by atoms with van der Waals surface area (Å²) in [6.45, 7) is 3.41. The van der Waals surface area contributed by atoms with Crippen LogP contribution in [0.25, 0.3) is 0 Å². The second-order valence-corrected chi connectivity index (χ2v) is 5.69. The second kappa shape index (κ2) is 5.79. The number of hydrogen-bond donors (Lipinski definition) is 2. The lowest BCUT2D eigenvalue weighted by molar-refractivity contribution is -0.143. The normalized spacial score (nSPS) is 22.0. The van der Waals surface area contributed by atoms with E-state index >= 15 is 0 Å². The zero-order valence-electron chi connectivity index (χ0n) is 11.8. The van der Waals surface area contributed by atoms with Crippen molar-refractivity contribution in [3.8, 4) is 0 Å². The zero-order valence-corrected chi connectivity index (χ0v) is 11.8. The minimum absolute atomic E-state index is 0.179. The maximum Gasteiger partial charge on any atom is 0.326 e. The molecule has 1 saturated carbocycles. The first kappa shape index (κ1) is 15.4. The first-order valence-electron chi connectivity index (χ1n) is 6.79. The summed E-state index contributed by atoms with van der Waals surface area (Å²) in [6.07, 6.45) is 0.515. The molecule has 1 aromatic carbocycles. The van der Waals surface area contributed by atoms with E-state index < -0.39 is 23.6 Å². The van der Waals surface area contributed by atoms with Crippen LogP contribution in [0, 0.1) is 23.5 Å². The fourth-order valence-corrected chi connectivity index (χ4v) is 2.37. The number of carbonyl (C=O) groups is 2. The largest absolute Gasteiger partial charge is 0.480 e. The van der Waals surface area contributed by atoms with Gasteiger partial charge in [0.1, 0.15) is 6.04 Å². The average molecular weight is 297 g/mol. The summed E-state index contributed by atoms with van der Waals surface area (Å²) in [4.78, 5) is 23.1. The van der Waals surface area contributed by atoms with Gasteiger partial charge < -0.3 is 10.4 Å². The highest BCUT2D eigenvalue weighted by Gasteiger charge is 2.45. The molecule has 6 heteroatoms. The van der Waals surface area contributed by atoms with Gasteiger partial charge in [-0.2, -0.15) is 0 Å². The summed E-state index contributed by atoms with van der Waals surface area (Å²) in [5.74, 6) is -4.09. The van der Waals surface area contributed by atoms with Crippen LogP contribution in [-0.2, 0) is 9.59 Å². The van der Waals surface area contributed by atoms with Crippen LogP contribution in [0.3, 0.4) is 0 Å². The van der Waals surface area contributed by atoms with Crippen LogP contribution in [0.5, 0.6) is 0 Å². The van der Waals surface area contributed by atoms with E-state index in [0.717, 1.165) is 12.1 Å². The van der Waals surface area contributed by atoms with Crippen molar-refractivity contribution in [2.75, 3.05) is 0 Å². The summed E-state index contributed by atoms with van der Waals surface area (Å²) in [5.41, 5.74) is 0.561. The first-order valence-corrected chi connectivity index (χ1v) is 6.79. The molecule has 0 aliphatic heterocycles. The van der Waals surface area contributed by atoms with Gasteiger partial charge in [-0.15, -0.1) is 0 Å². The molecule has 114 valence electrons. The van der Waals surface area contributed by atoms with Crippen LogP contribution >= 0.6 is 0 Å². The number of aliphatic carboxylic acids is 1. The molecule has 0 radical (unpaired) electrons. The molecule has 1 fully saturated rings. The summed E-state index contributed by atoms with van der Waals surface area (Å²) in [5, 5.41) is 11.5. The highest BCUT2D eigenvalue weighted by molar-refractivity contribution is 5.87. The quantitative estimate of drug-likeness (QED) is 0.876. The lowest BCUT2D eigenvalue weighted by Crippen LogP contribution is -2.45. The molecule has 1 aliphatic carbocycles. The van der Waals surface area contributed by atoms with E-state index in [4.69, 9.17) is 5.11 Å². The van der Waals surface area contributed by atoms with Gasteiger partial charge in [0.25, 0.3) is 0 Å². The van der Waals surface area contributed by atoms with Crippen LogP contribution in [0.2, 0.25) is 0 Å². The predicted octanol–water partition coefficient (Wildman–Crippen LogP) is 2.29. The lowest BCUT2D eigenvalue weighted by atomic mass is 10.0. The Labute approximate surface area is 121 Å². The lowest BCUT2D eigenvalue weighted by Gasteiger charge is -2.17. The van der Waals surface area contributed by atoms with Crippen LogP contribution in [-0.4, -0.2) is 23.0 Å². The van der Waals surface area contributed by atoms with E-state index in [1.54, 1.807) is 13.8 Å². The van der Waals surface area contributed by atoms with Crippen molar-refractivity contribution < 1.29 is 23.5 Å². The highest BCUT2D eigenvalue weighted by Crippen LogP contribution is 2.47. The van der Waals surface area contributed by atoms with Gasteiger partial charge in [-0.05, 0) is 36.0 Å². The maximum absolute atomic E-state index is 13.2. The molecule has 2 unspecified atom stereocenters. The molecule has 0 bridgehead atoms. The number of carboxylic acid groups (broad SMARTS) is 1. The van der Waals surface area contributed by atoms with Gasteiger partial charge in [0.15, 0.2) is 11.6 Å². The number of hydrogen-bond acceptors (Lipinski definition) is 2. The van der Waals surface area contributed by atoms with Crippen LogP contribution in [0.4, 0.5) is 8.78 Å². The smallest absolute Gasteiger partial charge is 0.326 e. The van der Waals surface area contributed by atoms with Crippen molar-refractivity contribution in [1.29, 1.82) is 0 Å². The molecule has 2 rings (SSSR count). The molecule has 0 saturated heterocycles. The summed E-state index contributed by atoms with van der Waals surface area (Å²) < 4.78 is 26.0. The molecule has 1 amide bonds. The third-order valence-electron chi connectivity index (χ3n) is 3.73.